The maximum absolute atomic E-state index is 13.0. The Hall–Kier alpha value is -2.91. The molecule has 0 aromatic heterocycles. The normalized spacial score (nSPS) is 18.4. The number of benzene rings is 3. The molecule has 1 amide bonds. The molecule has 1 heterocycles. The van der Waals surface area contributed by atoms with Crippen molar-refractivity contribution in [3.63, 3.8) is 0 Å². The van der Waals surface area contributed by atoms with E-state index in [1.807, 2.05) is 48.5 Å². The Balaban J connectivity index is 1.69. The Morgan fingerprint density at radius 1 is 0.769 bits per heavy atom. The number of Topliss-reactive ketones (excluding diaryl/α,β-unsaturated/α-hetero) is 1. The van der Waals surface area contributed by atoms with Gasteiger partial charge in [0.2, 0.25) is 0 Å². The minimum Gasteiger partial charge on any atom is -0.316 e. The zero-order valence-corrected chi connectivity index (χ0v) is 14.6. The van der Waals surface area contributed by atoms with E-state index in [0.29, 0.717) is 16.1 Å². The molecule has 1 aliphatic heterocycles. The summed E-state index contributed by atoms with van der Waals surface area (Å²) in [6.45, 7) is 0. The van der Waals surface area contributed by atoms with Gasteiger partial charge in [-0.1, -0.05) is 78.3 Å². The van der Waals surface area contributed by atoms with Gasteiger partial charge in [0.05, 0.1) is 6.04 Å². The van der Waals surface area contributed by atoms with Gasteiger partial charge in [-0.25, -0.2) is 0 Å². The quantitative estimate of drug-likeness (QED) is 0.495. The lowest BCUT2D eigenvalue weighted by Gasteiger charge is -2.05. The summed E-state index contributed by atoms with van der Waals surface area (Å²) in [5.41, 5.74) is 2.05. The number of rotatable bonds is 4. The Kier molecular flexibility index (Phi) is 4.31. The van der Waals surface area contributed by atoms with Gasteiger partial charge < -0.3 is 4.90 Å². The summed E-state index contributed by atoms with van der Waals surface area (Å²) < 4.78 is 0. The van der Waals surface area contributed by atoms with Crippen molar-refractivity contribution in [3.8, 4) is 0 Å². The first-order chi connectivity index (χ1) is 12.7. The monoisotopic (exact) mass is 361 g/mol. The molecular weight excluding hydrogens is 346 g/mol. The van der Waals surface area contributed by atoms with Gasteiger partial charge >= 0.3 is 0 Å². The van der Waals surface area contributed by atoms with Gasteiger partial charge in [0.15, 0.2) is 5.78 Å². The Bertz CT molecular complexity index is 956. The first-order valence-corrected chi connectivity index (χ1v) is 8.77. The van der Waals surface area contributed by atoms with E-state index >= 15 is 0 Å². The van der Waals surface area contributed by atoms with Crippen molar-refractivity contribution in [1.29, 1.82) is 0 Å². The number of ketones is 1. The molecule has 3 aromatic carbocycles. The van der Waals surface area contributed by atoms with Crippen LogP contribution in [0, 0.1) is 0 Å². The van der Waals surface area contributed by atoms with Crippen molar-refractivity contribution in [2.75, 3.05) is 0 Å². The zero-order chi connectivity index (χ0) is 18.1. The van der Waals surface area contributed by atoms with Gasteiger partial charge in [-0.15, -0.1) is 0 Å². The molecule has 1 fully saturated rings. The van der Waals surface area contributed by atoms with E-state index in [-0.39, 0.29) is 17.7 Å². The number of carbonyl (C=O) groups is 2. The fourth-order valence-electron chi connectivity index (χ4n) is 3.29. The fourth-order valence-corrected chi connectivity index (χ4v) is 3.48. The van der Waals surface area contributed by atoms with Gasteiger partial charge in [0, 0.05) is 16.1 Å². The second kappa shape index (κ2) is 6.77. The fraction of sp³-hybridized carbons (Fsp3) is 0.0909. The maximum atomic E-state index is 13.0. The van der Waals surface area contributed by atoms with Crippen molar-refractivity contribution in [3.05, 3.63) is 107 Å². The van der Waals surface area contributed by atoms with Crippen LogP contribution in [0.4, 0.5) is 0 Å². The van der Waals surface area contributed by atoms with Crippen molar-refractivity contribution in [2.45, 2.75) is 12.1 Å². The molecule has 0 saturated carbocycles. The summed E-state index contributed by atoms with van der Waals surface area (Å²) in [5.74, 6) is -0.231. The van der Waals surface area contributed by atoms with E-state index in [9.17, 15) is 9.59 Å². The number of amides is 1. The van der Waals surface area contributed by atoms with Crippen LogP contribution in [0.3, 0.4) is 0 Å². The molecule has 0 unspecified atom stereocenters. The third kappa shape index (κ3) is 3.02. The molecule has 26 heavy (non-hydrogen) atoms. The van der Waals surface area contributed by atoms with Crippen LogP contribution in [0.5, 0.6) is 0 Å². The van der Waals surface area contributed by atoms with Gasteiger partial charge in [-0.05, 0) is 23.8 Å². The first-order valence-electron chi connectivity index (χ1n) is 8.39. The highest BCUT2D eigenvalue weighted by molar-refractivity contribution is 6.31. The van der Waals surface area contributed by atoms with Crippen molar-refractivity contribution >= 4 is 23.3 Å². The van der Waals surface area contributed by atoms with Crippen LogP contribution in [-0.4, -0.2) is 22.6 Å². The van der Waals surface area contributed by atoms with E-state index in [2.05, 4.69) is 0 Å². The Labute approximate surface area is 156 Å². The molecular formula is C22H16ClNO2. The van der Waals surface area contributed by atoms with E-state index in [0.717, 1.165) is 5.56 Å². The number of halogens is 1. The third-order valence-corrected chi connectivity index (χ3v) is 4.82. The van der Waals surface area contributed by atoms with Crippen molar-refractivity contribution < 1.29 is 9.59 Å². The van der Waals surface area contributed by atoms with E-state index in [4.69, 9.17) is 11.6 Å². The van der Waals surface area contributed by atoms with Gasteiger partial charge in [0.1, 0.15) is 6.04 Å². The third-order valence-electron chi connectivity index (χ3n) is 4.58. The van der Waals surface area contributed by atoms with Crippen LogP contribution < -0.4 is 0 Å². The zero-order valence-electron chi connectivity index (χ0n) is 13.9. The predicted octanol–water partition coefficient (Wildman–Crippen LogP) is 4.79. The van der Waals surface area contributed by atoms with Crippen LogP contribution in [0.2, 0.25) is 5.02 Å². The number of carbonyl (C=O) groups excluding carboxylic acids is 2. The van der Waals surface area contributed by atoms with Gasteiger partial charge in [-0.3, -0.25) is 9.59 Å². The summed E-state index contributed by atoms with van der Waals surface area (Å²) >= 11 is 6.02. The van der Waals surface area contributed by atoms with Crippen LogP contribution in [0.25, 0.3) is 0 Å². The van der Waals surface area contributed by atoms with Crippen molar-refractivity contribution in [2.24, 2.45) is 0 Å². The molecule has 1 aliphatic rings. The summed E-state index contributed by atoms with van der Waals surface area (Å²) in [6, 6.07) is 24.8. The summed E-state index contributed by atoms with van der Waals surface area (Å²) in [4.78, 5) is 27.6. The lowest BCUT2D eigenvalue weighted by molar-refractivity contribution is 0.0833. The molecule has 4 rings (SSSR count). The molecule has 0 bridgehead atoms. The summed E-state index contributed by atoms with van der Waals surface area (Å²) in [5, 5.41) is 0.500. The second-order valence-corrected chi connectivity index (χ2v) is 6.69. The average molecular weight is 362 g/mol. The van der Waals surface area contributed by atoms with Gasteiger partial charge in [-0.2, -0.15) is 0 Å². The second-order valence-electron chi connectivity index (χ2n) is 6.25. The number of hydrogen-bond donors (Lipinski definition) is 0. The Morgan fingerprint density at radius 2 is 1.38 bits per heavy atom. The smallest absolute Gasteiger partial charge is 0.255 e. The summed E-state index contributed by atoms with van der Waals surface area (Å²) in [7, 11) is 0. The summed E-state index contributed by atoms with van der Waals surface area (Å²) in [6.07, 6.45) is 0. The molecule has 128 valence electrons. The molecule has 3 aromatic rings. The lowest BCUT2D eigenvalue weighted by atomic mass is 10.0. The SMILES string of the molecule is O=C(c1ccccc1)[C@H]1[C@@H](c2ccccc2)N1C(=O)c1cccc(Cl)c1. The van der Waals surface area contributed by atoms with Crippen LogP contribution in [-0.2, 0) is 0 Å². The molecule has 4 heteroatoms. The molecule has 1 saturated heterocycles. The standard InChI is InChI=1S/C22H16ClNO2/c23-18-13-7-12-17(14-18)22(26)24-19(15-8-3-1-4-9-15)20(24)21(25)16-10-5-2-6-11-16/h1-14,19-20H/t19-,20-,24?/m1/s1. The number of nitrogens with zero attached hydrogens (tertiary/aromatic N) is 1. The highest BCUT2D eigenvalue weighted by Gasteiger charge is 2.56. The minimum atomic E-state index is -0.494. The van der Waals surface area contributed by atoms with Crippen LogP contribution >= 0.6 is 11.6 Å². The molecule has 3 nitrogen and oxygen atoms in total. The molecule has 0 N–H and O–H groups in total. The highest BCUT2D eigenvalue weighted by Crippen LogP contribution is 2.46. The average Bonchev–Trinajstić information content (AvgIpc) is 3.44. The largest absolute Gasteiger partial charge is 0.316 e. The predicted molar refractivity (Wildman–Crippen MR) is 101 cm³/mol. The van der Waals surface area contributed by atoms with Crippen LogP contribution in [0.15, 0.2) is 84.9 Å². The topological polar surface area (TPSA) is 37.1 Å². The highest BCUT2D eigenvalue weighted by atomic mass is 35.5. The maximum Gasteiger partial charge on any atom is 0.255 e. The van der Waals surface area contributed by atoms with E-state index in [1.54, 1.807) is 41.3 Å². The first kappa shape index (κ1) is 16.6. The van der Waals surface area contributed by atoms with Crippen LogP contribution in [0.1, 0.15) is 32.3 Å². The number of hydrogen-bond acceptors (Lipinski definition) is 2. The van der Waals surface area contributed by atoms with Gasteiger partial charge in [0.25, 0.3) is 5.91 Å². The minimum absolute atomic E-state index is 0.0465. The van der Waals surface area contributed by atoms with E-state index < -0.39 is 6.04 Å². The lowest BCUT2D eigenvalue weighted by Crippen LogP contribution is -2.19. The molecule has 0 radical (unpaired) electrons. The molecule has 0 spiro atoms. The van der Waals surface area contributed by atoms with Crippen molar-refractivity contribution in [1.82, 2.24) is 4.90 Å². The van der Waals surface area contributed by atoms with E-state index in [1.165, 1.54) is 0 Å². The molecule has 2 atom stereocenters. The Morgan fingerprint density at radius 3 is 2.04 bits per heavy atom. The molecule has 0 aliphatic carbocycles.